The summed E-state index contributed by atoms with van der Waals surface area (Å²) in [5.74, 6) is -0.833. The number of nitrogens with zero attached hydrogens (tertiary/aromatic N) is 2. The maximum Gasteiger partial charge on any atom is 0.315 e. The molecule has 0 aromatic heterocycles. The predicted molar refractivity (Wildman–Crippen MR) is 97.1 cm³/mol. The fraction of sp³-hybridized carbons (Fsp3) is 0.125. The van der Waals surface area contributed by atoms with Crippen LogP contribution in [0.4, 0.5) is 5.69 Å². The van der Waals surface area contributed by atoms with E-state index in [4.69, 9.17) is 9.47 Å². The first-order valence-corrected chi connectivity index (χ1v) is 7.89. The molecular weight excluding hydrogens is 410 g/mol. The Morgan fingerprint density at radius 3 is 2.58 bits per heavy atom. The number of nitro groups is 1. The molecule has 2 aromatic rings. The van der Waals surface area contributed by atoms with E-state index in [0.29, 0.717) is 10.2 Å². The quantitative estimate of drug-likeness (QED) is 0.418. The highest BCUT2D eigenvalue weighted by Crippen LogP contribution is 2.36. The molecule has 0 saturated heterocycles. The van der Waals surface area contributed by atoms with Gasteiger partial charge in [0.15, 0.2) is 5.75 Å². The lowest BCUT2D eigenvalue weighted by atomic mass is 10.2. The first kappa shape index (κ1) is 19.2. The third-order valence-corrected chi connectivity index (χ3v) is 3.77. The molecule has 0 heterocycles. The highest BCUT2D eigenvalue weighted by Gasteiger charge is 2.19. The molecule has 2 aromatic carbocycles. The van der Waals surface area contributed by atoms with Crippen molar-refractivity contribution in [2.45, 2.75) is 0 Å². The lowest BCUT2D eigenvalue weighted by Crippen LogP contribution is -2.18. The molecule has 0 aliphatic carbocycles. The molecule has 26 heavy (non-hydrogen) atoms. The van der Waals surface area contributed by atoms with Gasteiger partial charge in [-0.1, -0.05) is 15.9 Å². The molecule has 0 atom stereocenters. The van der Waals surface area contributed by atoms with Crippen LogP contribution in [0.5, 0.6) is 17.2 Å². The van der Waals surface area contributed by atoms with Crippen LogP contribution < -0.4 is 14.9 Å². The van der Waals surface area contributed by atoms with Gasteiger partial charge in [0.1, 0.15) is 5.75 Å². The van der Waals surface area contributed by atoms with Gasteiger partial charge in [-0.2, -0.15) is 5.10 Å². The largest absolute Gasteiger partial charge is 0.500 e. The van der Waals surface area contributed by atoms with Crippen LogP contribution in [-0.2, 0) is 0 Å². The van der Waals surface area contributed by atoms with E-state index in [2.05, 4.69) is 26.5 Å². The van der Waals surface area contributed by atoms with Gasteiger partial charge in [-0.15, -0.1) is 0 Å². The first-order valence-electron chi connectivity index (χ1n) is 7.09. The summed E-state index contributed by atoms with van der Waals surface area (Å²) in [6, 6.07) is 7.36. The van der Waals surface area contributed by atoms with Gasteiger partial charge in [0.2, 0.25) is 5.75 Å². The fourth-order valence-corrected chi connectivity index (χ4v) is 2.43. The number of hydrazone groups is 1. The topological polar surface area (TPSA) is 123 Å². The van der Waals surface area contributed by atoms with Crippen molar-refractivity contribution in [2.75, 3.05) is 14.2 Å². The van der Waals surface area contributed by atoms with E-state index in [1.165, 1.54) is 26.5 Å². The van der Waals surface area contributed by atoms with Crippen LogP contribution >= 0.6 is 15.9 Å². The van der Waals surface area contributed by atoms with Crippen LogP contribution in [0.3, 0.4) is 0 Å². The van der Waals surface area contributed by atoms with Crippen LogP contribution in [0.15, 0.2) is 39.9 Å². The summed E-state index contributed by atoms with van der Waals surface area (Å²) < 4.78 is 10.7. The summed E-state index contributed by atoms with van der Waals surface area (Å²) in [7, 11) is 2.70. The lowest BCUT2D eigenvalue weighted by Gasteiger charge is -2.07. The van der Waals surface area contributed by atoms with Crippen molar-refractivity contribution < 1.29 is 24.3 Å². The number of phenols is 1. The van der Waals surface area contributed by atoms with Crippen LogP contribution in [0.25, 0.3) is 0 Å². The molecule has 0 aliphatic rings. The third-order valence-electron chi connectivity index (χ3n) is 3.28. The smallest absolute Gasteiger partial charge is 0.315 e. The van der Waals surface area contributed by atoms with Crippen molar-refractivity contribution in [3.05, 3.63) is 56.0 Å². The van der Waals surface area contributed by atoms with Crippen LogP contribution in [0, 0.1) is 10.1 Å². The number of rotatable bonds is 6. The molecule has 2 rings (SSSR count). The van der Waals surface area contributed by atoms with Gasteiger partial charge < -0.3 is 14.6 Å². The summed E-state index contributed by atoms with van der Waals surface area (Å²) in [6.07, 6.45) is 1.19. The lowest BCUT2D eigenvalue weighted by molar-refractivity contribution is -0.386. The number of benzene rings is 2. The second-order valence-electron chi connectivity index (χ2n) is 4.89. The Labute approximate surface area is 156 Å². The minimum Gasteiger partial charge on any atom is -0.500 e. The minimum absolute atomic E-state index is 0.0827. The zero-order chi connectivity index (χ0) is 19.3. The summed E-state index contributed by atoms with van der Waals surface area (Å²) in [5.41, 5.74) is 2.29. The number of nitrogens with one attached hydrogen (secondary N) is 1. The van der Waals surface area contributed by atoms with E-state index in [0.717, 1.165) is 6.07 Å². The van der Waals surface area contributed by atoms with E-state index in [1.807, 2.05) is 0 Å². The monoisotopic (exact) mass is 423 g/mol. The summed E-state index contributed by atoms with van der Waals surface area (Å²) in [6.45, 7) is 0. The number of phenolic OH excluding ortho intramolecular Hbond substituents is 1. The van der Waals surface area contributed by atoms with Crippen LogP contribution in [0.1, 0.15) is 15.9 Å². The molecule has 1 amide bonds. The number of halogens is 1. The molecule has 10 heteroatoms. The maximum atomic E-state index is 12.2. The Kier molecular flexibility index (Phi) is 6.12. The zero-order valence-corrected chi connectivity index (χ0v) is 15.3. The fourth-order valence-electron chi connectivity index (χ4n) is 2.07. The molecule has 0 unspecified atom stereocenters. The van der Waals surface area contributed by atoms with E-state index >= 15 is 0 Å². The minimum atomic E-state index is -0.750. The van der Waals surface area contributed by atoms with E-state index < -0.39 is 22.3 Å². The summed E-state index contributed by atoms with van der Waals surface area (Å²) >= 11 is 3.27. The number of aromatic hydroxyl groups is 1. The van der Waals surface area contributed by atoms with Gasteiger partial charge in [-0.3, -0.25) is 14.9 Å². The summed E-state index contributed by atoms with van der Waals surface area (Å²) in [4.78, 5) is 22.4. The number of hydrogen-bond donors (Lipinski definition) is 2. The van der Waals surface area contributed by atoms with Crippen molar-refractivity contribution in [1.82, 2.24) is 5.43 Å². The Morgan fingerprint density at radius 1 is 1.27 bits per heavy atom. The van der Waals surface area contributed by atoms with Gasteiger partial charge in [-0.25, -0.2) is 5.43 Å². The molecule has 0 spiro atoms. The molecule has 0 bridgehead atoms. The van der Waals surface area contributed by atoms with Crippen molar-refractivity contribution in [3.63, 3.8) is 0 Å². The van der Waals surface area contributed by atoms with Gasteiger partial charge in [0.05, 0.1) is 30.9 Å². The second-order valence-corrected chi connectivity index (χ2v) is 5.81. The highest BCUT2D eigenvalue weighted by molar-refractivity contribution is 9.10. The molecule has 136 valence electrons. The average molecular weight is 424 g/mol. The number of carbonyl (C=O) groups excluding carboxylic acids is 1. The standard InChI is InChI=1S/C16H14BrN3O6/c1-25-13-4-3-10(17)7-11(13)16(22)19-18-8-9-5-12(20(23)24)15(21)14(6-9)26-2/h3-8,21H,1-2H3,(H,19,22)/b18-8-. The SMILES string of the molecule is COc1ccc(Br)cc1C(=O)N/N=C\c1cc(OC)c(O)c([N+](=O)[O-])c1. The molecule has 0 radical (unpaired) electrons. The Balaban J connectivity index is 2.23. The molecular formula is C16H14BrN3O6. The molecule has 0 fully saturated rings. The summed E-state index contributed by atoms with van der Waals surface area (Å²) in [5, 5.41) is 24.5. The number of hydrogen-bond acceptors (Lipinski definition) is 7. The highest BCUT2D eigenvalue weighted by atomic mass is 79.9. The predicted octanol–water partition coefficient (Wildman–Crippen LogP) is 2.84. The van der Waals surface area contributed by atoms with Gasteiger partial charge in [-0.05, 0) is 24.3 Å². The van der Waals surface area contributed by atoms with Gasteiger partial charge in [0, 0.05) is 16.1 Å². The Bertz CT molecular complexity index is 885. The van der Waals surface area contributed by atoms with Crippen LogP contribution in [-0.4, -0.2) is 36.4 Å². The van der Waals surface area contributed by atoms with Crippen molar-refractivity contribution >= 4 is 33.7 Å². The Hall–Kier alpha value is -3.14. The molecule has 0 saturated carbocycles. The van der Waals surface area contributed by atoms with Crippen molar-refractivity contribution in [1.29, 1.82) is 0 Å². The van der Waals surface area contributed by atoms with E-state index in [9.17, 15) is 20.0 Å². The van der Waals surface area contributed by atoms with Gasteiger partial charge >= 0.3 is 5.69 Å². The normalized spacial score (nSPS) is 10.6. The van der Waals surface area contributed by atoms with Crippen molar-refractivity contribution in [2.24, 2.45) is 5.10 Å². The molecule has 0 aliphatic heterocycles. The molecule has 2 N–H and O–H groups in total. The second kappa shape index (κ2) is 8.30. The van der Waals surface area contributed by atoms with Crippen molar-refractivity contribution in [3.8, 4) is 17.2 Å². The van der Waals surface area contributed by atoms with E-state index in [1.54, 1.807) is 18.2 Å². The number of ether oxygens (including phenoxy) is 2. The maximum absolute atomic E-state index is 12.2. The zero-order valence-electron chi connectivity index (χ0n) is 13.7. The number of nitro benzene ring substituents is 1. The molecule has 9 nitrogen and oxygen atoms in total. The van der Waals surface area contributed by atoms with Gasteiger partial charge in [0.25, 0.3) is 5.91 Å². The number of amides is 1. The van der Waals surface area contributed by atoms with Crippen LogP contribution in [0.2, 0.25) is 0 Å². The first-order chi connectivity index (χ1) is 12.4. The van der Waals surface area contributed by atoms with E-state index in [-0.39, 0.29) is 16.9 Å². The average Bonchev–Trinajstić information content (AvgIpc) is 2.62. The third kappa shape index (κ3) is 4.28. The number of carbonyl (C=O) groups is 1. The number of methoxy groups -OCH3 is 2. The Morgan fingerprint density at radius 2 is 1.96 bits per heavy atom.